The first-order valence-electron chi connectivity index (χ1n) is 21.3. The quantitative estimate of drug-likeness (QED) is 0.173. The minimum atomic E-state index is 0.561. The Kier molecular flexibility index (Phi) is 7.63. The Labute approximate surface area is 373 Å². The topological polar surface area (TPSA) is 61.4 Å². The van der Waals surface area contributed by atoms with E-state index in [1.54, 1.807) is 0 Å². The number of hydrogen-bond donors (Lipinski definition) is 0. The van der Waals surface area contributed by atoms with Gasteiger partial charge in [0.05, 0.1) is 34.0 Å². The molecule has 6 heterocycles. The highest BCUT2D eigenvalue weighted by Crippen LogP contribution is 2.46. The van der Waals surface area contributed by atoms with Gasteiger partial charge in [0.2, 0.25) is 0 Å². The van der Waals surface area contributed by atoms with Crippen molar-refractivity contribution >= 4 is 107 Å². The van der Waals surface area contributed by atoms with Gasteiger partial charge in [-0.25, -0.2) is 19.9 Å². The van der Waals surface area contributed by atoms with Crippen LogP contribution in [0.3, 0.4) is 0 Å². The van der Waals surface area contributed by atoms with E-state index in [1.165, 1.54) is 61.9 Å². The van der Waals surface area contributed by atoms with Crippen molar-refractivity contribution in [3.8, 4) is 45.7 Å². The lowest BCUT2D eigenvalue weighted by Gasteiger charge is -2.16. The van der Waals surface area contributed by atoms with Crippen molar-refractivity contribution in [3.63, 3.8) is 0 Å². The number of pyridine rings is 1. The molecule has 0 bridgehead atoms. The van der Waals surface area contributed by atoms with E-state index in [4.69, 9.17) is 19.9 Å². The lowest BCUT2D eigenvalue weighted by molar-refractivity contribution is 1.03. The molecule has 0 saturated carbocycles. The standard InChI is InChI=1S/C56H32N6S2/c1-3-15-33(16-4-1)54-58-55(34-17-5-2-6-18-34)60-56(59-54)39-31-49(62-41-24-12-8-20-36(41)51-43(62)28-30-48-53(51)38-22-10-14-26-46(38)64-48)57-32-44(39)61-40-23-11-7-19-35(40)50-42(61)27-29-47-52(50)37-21-9-13-25-45(37)63-47/h1-32H. The summed E-state index contributed by atoms with van der Waals surface area (Å²) in [5, 5.41) is 9.90. The molecule has 64 heavy (non-hydrogen) atoms. The van der Waals surface area contributed by atoms with E-state index >= 15 is 0 Å². The number of hydrogen-bond acceptors (Lipinski definition) is 6. The Balaban J connectivity index is 1.11. The Morgan fingerprint density at radius 3 is 1.36 bits per heavy atom. The van der Waals surface area contributed by atoms with Gasteiger partial charge in [0.1, 0.15) is 5.82 Å². The van der Waals surface area contributed by atoms with Gasteiger partial charge in [0.15, 0.2) is 17.5 Å². The molecule has 0 N–H and O–H groups in total. The first kappa shape index (κ1) is 35.5. The molecule has 8 heteroatoms. The number of para-hydroxylation sites is 2. The SMILES string of the molecule is c1ccc(-c2nc(-c3ccccc3)nc(-c3cc(-n4c5ccccc5c5c6c(ccc54)sc4ccccc46)ncc3-n3c4ccccc4c4c5c(ccc43)sc3ccccc35)n2)cc1. The molecule has 0 saturated heterocycles. The van der Waals surface area contributed by atoms with Crippen molar-refractivity contribution in [1.82, 2.24) is 29.1 Å². The summed E-state index contributed by atoms with van der Waals surface area (Å²) in [5.41, 5.74) is 7.91. The Morgan fingerprint density at radius 2 is 0.797 bits per heavy atom. The van der Waals surface area contributed by atoms with Crippen LogP contribution in [0.2, 0.25) is 0 Å². The molecule has 6 aromatic heterocycles. The molecular weight excluding hydrogens is 821 g/mol. The minimum Gasteiger partial charge on any atom is -0.307 e. The number of thiophene rings is 2. The lowest BCUT2D eigenvalue weighted by Crippen LogP contribution is -2.06. The first-order chi connectivity index (χ1) is 31.7. The van der Waals surface area contributed by atoms with Crippen LogP contribution < -0.4 is 0 Å². The second-order valence-corrected chi connectivity index (χ2v) is 18.3. The highest BCUT2D eigenvalue weighted by molar-refractivity contribution is 7.26. The average Bonchev–Trinajstić information content (AvgIpc) is 4.12. The minimum absolute atomic E-state index is 0.561. The number of rotatable bonds is 5. The Hall–Kier alpha value is -8.04. The van der Waals surface area contributed by atoms with Gasteiger partial charge in [-0.1, -0.05) is 133 Å². The summed E-state index contributed by atoms with van der Waals surface area (Å²) in [5.74, 6) is 2.54. The van der Waals surface area contributed by atoms with E-state index in [-0.39, 0.29) is 0 Å². The van der Waals surface area contributed by atoms with Crippen LogP contribution in [0, 0.1) is 0 Å². The van der Waals surface area contributed by atoms with Crippen LogP contribution in [0.15, 0.2) is 194 Å². The van der Waals surface area contributed by atoms with Crippen LogP contribution in [0.1, 0.15) is 0 Å². The second-order valence-electron chi connectivity index (χ2n) is 16.2. The fourth-order valence-corrected chi connectivity index (χ4v) is 12.1. The smallest absolute Gasteiger partial charge is 0.166 e. The van der Waals surface area contributed by atoms with Gasteiger partial charge in [0, 0.05) is 78.6 Å². The zero-order chi connectivity index (χ0) is 41.9. The Morgan fingerprint density at radius 1 is 0.344 bits per heavy atom. The fraction of sp³-hybridized carbons (Fsp3) is 0. The van der Waals surface area contributed by atoms with Gasteiger partial charge >= 0.3 is 0 Å². The fourth-order valence-electron chi connectivity index (χ4n) is 9.90. The van der Waals surface area contributed by atoms with Crippen molar-refractivity contribution in [2.24, 2.45) is 0 Å². The van der Waals surface area contributed by atoms with Crippen molar-refractivity contribution in [1.29, 1.82) is 0 Å². The van der Waals surface area contributed by atoms with E-state index in [0.717, 1.165) is 50.3 Å². The molecule has 0 unspecified atom stereocenters. The third-order valence-electron chi connectivity index (χ3n) is 12.6. The van der Waals surface area contributed by atoms with Crippen molar-refractivity contribution in [2.45, 2.75) is 0 Å². The van der Waals surface area contributed by atoms with Crippen molar-refractivity contribution < 1.29 is 0 Å². The maximum atomic E-state index is 5.45. The van der Waals surface area contributed by atoms with Gasteiger partial charge < -0.3 is 4.57 Å². The molecule has 0 amide bonds. The summed E-state index contributed by atoms with van der Waals surface area (Å²) in [6, 6.07) is 66.6. The average molecular weight is 853 g/mol. The molecule has 0 spiro atoms. The van der Waals surface area contributed by atoms with Gasteiger partial charge in [-0.3, -0.25) is 4.57 Å². The van der Waals surface area contributed by atoms with Gasteiger partial charge in [-0.05, 0) is 54.6 Å². The third-order valence-corrected chi connectivity index (χ3v) is 14.9. The maximum absolute atomic E-state index is 5.45. The normalized spacial score (nSPS) is 12.1. The van der Waals surface area contributed by atoms with E-state index in [2.05, 4.69) is 161 Å². The van der Waals surface area contributed by atoms with Gasteiger partial charge in [-0.2, -0.15) is 0 Å². The van der Waals surface area contributed by atoms with Crippen molar-refractivity contribution in [2.75, 3.05) is 0 Å². The largest absolute Gasteiger partial charge is 0.307 e. The van der Waals surface area contributed by atoms with Gasteiger partial charge in [0.25, 0.3) is 0 Å². The first-order valence-corrected chi connectivity index (χ1v) is 22.9. The molecular formula is C56H32N6S2. The van der Waals surface area contributed by atoms with Crippen LogP contribution in [0.4, 0.5) is 0 Å². The summed E-state index contributed by atoms with van der Waals surface area (Å²) in [6.07, 6.45) is 2.03. The molecule has 0 radical (unpaired) electrons. The number of fused-ring (bicyclic) bond motifs is 14. The highest BCUT2D eigenvalue weighted by atomic mass is 32.1. The van der Waals surface area contributed by atoms with Crippen LogP contribution in [-0.2, 0) is 0 Å². The molecule has 298 valence electrons. The van der Waals surface area contributed by atoms with E-state index in [1.807, 2.05) is 65.3 Å². The molecule has 0 fully saturated rings. The van der Waals surface area contributed by atoms with Crippen molar-refractivity contribution in [3.05, 3.63) is 194 Å². The predicted octanol–water partition coefficient (Wildman–Crippen LogP) is 15.2. The second kappa shape index (κ2) is 13.7. The van der Waals surface area contributed by atoms with E-state index < -0.39 is 0 Å². The molecule has 0 aliphatic heterocycles. The third kappa shape index (κ3) is 5.18. The number of nitrogens with zero attached hydrogens (tertiary/aromatic N) is 6. The highest BCUT2D eigenvalue weighted by Gasteiger charge is 2.25. The van der Waals surface area contributed by atoms with Crippen LogP contribution >= 0.6 is 22.7 Å². The monoisotopic (exact) mass is 852 g/mol. The number of aromatic nitrogens is 6. The van der Waals surface area contributed by atoms with Crippen LogP contribution in [-0.4, -0.2) is 29.1 Å². The van der Waals surface area contributed by atoms with Gasteiger partial charge in [-0.15, -0.1) is 22.7 Å². The summed E-state index contributed by atoms with van der Waals surface area (Å²) in [4.78, 5) is 21.3. The maximum Gasteiger partial charge on any atom is 0.166 e. The predicted molar refractivity (Wildman–Crippen MR) is 268 cm³/mol. The summed E-state index contributed by atoms with van der Waals surface area (Å²) in [6.45, 7) is 0. The zero-order valence-electron chi connectivity index (χ0n) is 34.0. The lowest BCUT2D eigenvalue weighted by atomic mass is 10.1. The zero-order valence-corrected chi connectivity index (χ0v) is 35.6. The molecule has 14 aromatic rings. The Bertz CT molecular complexity index is 4140. The molecule has 8 aromatic carbocycles. The number of benzene rings is 8. The molecule has 0 atom stereocenters. The summed E-state index contributed by atoms with van der Waals surface area (Å²) < 4.78 is 9.77. The molecule has 14 rings (SSSR count). The molecule has 6 nitrogen and oxygen atoms in total. The van der Waals surface area contributed by atoms with E-state index in [9.17, 15) is 0 Å². The summed E-state index contributed by atoms with van der Waals surface area (Å²) in [7, 11) is 0. The molecule has 0 aliphatic carbocycles. The van der Waals surface area contributed by atoms with Crippen LogP contribution in [0.5, 0.6) is 0 Å². The summed E-state index contributed by atoms with van der Waals surface area (Å²) >= 11 is 3.69. The molecule has 0 aliphatic rings. The van der Waals surface area contributed by atoms with E-state index in [0.29, 0.717) is 17.5 Å². The van der Waals surface area contributed by atoms with Crippen LogP contribution in [0.25, 0.3) is 130 Å².